The zero-order valence-electron chi connectivity index (χ0n) is 10.00. The fraction of sp³-hybridized carbons (Fsp3) is 0.0769. The molecule has 19 heavy (non-hydrogen) atoms. The van der Waals surface area contributed by atoms with Crippen molar-refractivity contribution in [2.75, 3.05) is 11.9 Å². The van der Waals surface area contributed by atoms with Crippen LogP contribution in [0.25, 0.3) is 0 Å². The highest BCUT2D eigenvalue weighted by Crippen LogP contribution is 2.07. The summed E-state index contributed by atoms with van der Waals surface area (Å²) in [6, 6.07) is 6.73. The standard InChI is InChI=1S/C13H11N5O/c14-7-1-4-10-5-2-8-15-12(10)13(19)17-11-6-3-9-16-18-11/h2-3,5-6,8-9H,7,14H2,(H,17,18,19). The van der Waals surface area contributed by atoms with Crippen molar-refractivity contribution < 1.29 is 4.79 Å². The van der Waals surface area contributed by atoms with Crippen LogP contribution in [-0.4, -0.2) is 27.6 Å². The van der Waals surface area contributed by atoms with E-state index in [9.17, 15) is 4.79 Å². The van der Waals surface area contributed by atoms with Gasteiger partial charge in [0.1, 0.15) is 5.69 Å². The maximum Gasteiger partial charge on any atom is 0.276 e. The first-order valence-corrected chi connectivity index (χ1v) is 5.54. The van der Waals surface area contributed by atoms with E-state index in [4.69, 9.17) is 5.73 Å². The number of nitrogens with two attached hydrogens (primary N) is 1. The predicted molar refractivity (Wildman–Crippen MR) is 70.2 cm³/mol. The minimum absolute atomic E-state index is 0.222. The lowest BCUT2D eigenvalue weighted by Gasteiger charge is -2.04. The summed E-state index contributed by atoms with van der Waals surface area (Å²) in [5.41, 5.74) is 6.07. The van der Waals surface area contributed by atoms with Gasteiger partial charge in [-0.3, -0.25) is 4.79 Å². The molecule has 0 spiro atoms. The van der Waals surface area contributed by atoms with Crippen LogP contribution in [0.3, 0.4) is 0 Å². The molecule has 0 fully saturated rings. The molecule has 2 rings (SSSR count). The highest BCUT2D eigenvalue weighted by molar-refractivity contribution is 6.03. The average molecular weight is 253 g/mol. The van der Waals surface area contributed by atoms with E-state index in [-0.39, 0.29) is 18.1 Å². The van der Waals surface area contributed by atoms with Gasteiger partial charge in [-0.1, -0.05) is 11.8 Å². The van der Waals surface area contributed by atoms with Crippen molar-refractivity contribution >= 4 is 11.7 Å². The Morgan fingerprint density at radius 1 is 1.32 bits per heavy atom. The van der Waals surface area contributed by atoms with E-state index in [0.717, 1.165) is 0 Å². The second-order valence-corrected chi connectivity index (χ2v) is 3.47. The highest BCUT2D eigenvalue weighted by atomic mass is 16.1. The van der Waals surface area contributed by atoms with Crippen LogP contribution in [0.1, 0.15) is 16.1 Å². The van der Waals surface area contributed by atoms with E-state index in [2.05, 4.69) is 32.3 Å². The minimum Gasteiger partial charge on any atom is -0.320 e. The first-order chi connectivity index (χ1) is 9.31. The number of anilines is 1. The molecule has 2 heterocycles. The number of nitrogens with one attached hydrogen (secondary N) is 1. The van der Waals surface area contributed by atoms with Gasteiger partial charge in [0.2, 0.25) is 0 Å². The van der Waals surface area contributed by atoms with Gasteiger partial charge in [0.15, 0.2) is 5.82 Å². The fourth-order valence-corrected chi connectivity index (χ4v) is 1.38. The third-order valence-corrected chi connectivity index (χ3v) is 2.16. The maximum absolute atomic E-state index is 12.1. The third-order valence-electron chi connectivity index (χ3n) is 2.16. The molecule has 0 radical (unpaired) electrons. The molecule has 0 saturated carbocycles. The Morgan fingerprint density at radius 3 is 2.89 bits per heavy atom. The van der Waals surface area contributed by atoms with Gasteiger partial charge in [0.25, 0.3) is 5.91 Å². The van der Waals surface area contributed by atoms with Crippen molar-refractivity contribution in [3.8, 4) is 11.8 Å². The summed E-state index contributed by atoms with van der Waals surface area (Å²) < 4.78 is 0. The van der Waals surface area contributed by atoms with Crippen LogP contribution in [0, 0.1) is 11.8 Å². The van der Waals surface area contributed by atoms with Gasteiger partial charge in [0, 0.05) is 12.4 Å². The van der Waals surface area contributed by atoms with Crippen LogP contribution in [0.2, 0.25) is 0 Å². The zero-order chi connectivity index (χ0) is 13.5. The molecule has 0 aliphatic heterocycles. The van der Waals surface area contributed by atoms with Crippen molar-refractivity contribution in [2.45, 2.75) is 0 Å². The normalized spacial score (nSPS) is 9.32. The minimum atomic E-state index is -0.387. The lowest BCUT2D eigenvalue weighted by Crippen LogP contribution is -2.16. The summed E-state index contributed by atoms with van der Waals surface area (Å²) >= 11 is 0. The number of carbonyl (C=O) groups excluding carboxylic acids is 1. The second kappa shape index (κ2) is 6.23. The molecule has 2 aromatic rings. The monoisotopic (exact) mass is 253 g/mol. The SMILES string of the molecule is NCC#Cc1cccnc1C(=O)Nc1cccnn1. The molecule has 94 valence electrons. The fourth-order valence-electron chi connectivity index (χ4n) is 1.38. The van der Waals surface area contributed by atoms with Gasteiger partial charge in [-0.25, -0.2) is 4.98 Å². The van der Waals surface area contributed by atoms with E-state index in [1.807, 2.05) is 0 Å². The quantitative estimate of drug-likeness (QED) is 0.757. The molecule has 2 aromatic heterocycles. The van der Waals surface area contributed by atoms with Gasteiger partial charge in [-0.05, 0) is 24.3 Å². The number of rotatable bonds is 2. The number of pyridine rings is 1. The predicted octanol–water partition coefficient (Wildman–Crippen LogP) is 0.434. The van der Waals surface area contributed by atoms with Gasteiger partial charge >= 0.3 is 0 Å². The molecule has 0 saturated heterocycles. The summed E-state index contributed by atoms with van der Waals surface area (Å²) in [4.78, 5) is 16.1. The summed E-state index contributed by atoms with van der Waals surface area (Å²) in [5, 5.41) is 10.0. The molecule has 0 aromatic carbocycles. The molecule has 0 bridgehead atoms. The van der Waals surface area contributed by atoms with Crippen LogP contribution >= 0.6 is 0 Å². The maximum atomic E-state index is 12.1. The number of hydrogen-bond donors (Lipinski definition) is 2. The average Bonchev–Trinajstić information content (AvgIpc) is 2.46. The zero-order valence-corrected chi connectivity index (χ0v) is 10.00. The number of carbonyl (C=O) groups is 1. The lowest BCUT2D eigenvalue weighted by atomic mass is 10.2. The molecule has 0 atom stereocenters. The second-order valence-electron chi connectivity index (χ2n) is 3.47. The Hall–Kier alpha value is -2.78. The van der Waals surface area contributed by atoms with Crippen molar-refractivity contribution in [1.29, 1.82) is 0 Å². The molecule has 1 amide bonds. The number of aromatic nitrogens is 3. The van der Waals surface area contributed by atoms with Crippen molar-refractivity contribution in [1.82, 2.24) is 15.2 Å². The van der Waals surface area contributed by atoms with E-state index in [0.29, 0.717) is 11.4 Å². The molecule has 6 nitrogen and oxygen atoms in total. The van der Waals surface area contributed by atoms with E-state index >= 15 is 0 Å². The molecule has 6 heteroatoms. The van der Waals surface area contributed by atoms with Crippen molar-refractivity contribution in [3.63, 3.8) is 0 Å². The van der Waals surface area contributed by atoms with Crippen molar-refractivity contribution in [2.24, 2.45) is 5.73 Å². The molecule has 3 N–H and O–H groups in total. The Bertz CT molecular complexity index is 630. The van der Waals surface area contributed by atoms with Gasteiger partial charge in [-0.15, -0.1) is 5.10 Å². The van der Waals surface area contributed by atoms with Crippen LogP contribution in [-0.2, 0) is 0 Å². The molecule has 0 unspecified atom stereocenters. The Labute approximate surface area is 110 Å². The topological polar surface area (TPSA) is 93.8 Å². The highest BCUT2D eigenvalue weighted by Gasteiger charge is 2.12. The summed E-state index contributed by atoms with van der Waals surface area (Å²) in [5.74, 6) is 5.47. The van der Waals surface area contributed by atoms with Crippen LogP contribution in [0.4, 0.5) is 5.82 Å². The largest absolute Gasteiger partial charge is 0.320 e. The molecule has 0 aliphatic carbocycles. The third kappa shape index (κ3) is 3.34. The Kier molecular flexibility index (Phi) is 4.16. The molecular formula is C13H11N5O. The first-order valence-electron chi connectivity index (χ1n) is 5.54. The van der Waals surface area contributed by atoms with Crippen LogP contribution in [0.5, 0.6) is 0 Å². The Morgan fingerprint density at radius 2 is 2.16 bits per heavy atom. The van der Waals surface area contributed by atoms with Crippen LogP contribution < -0.4 is 11.1 Å². The van der Waals surface area contributed by atoms with Gasteiger partial charge in [-0.2, -0.15) is 5.10 Å². The van der Waals surface area contributed by atoms with Crippen molar-refractivity contribution in [3.05, 3.63) is 47.9 Å². The lowest BCUT2D eigenvalue weighted by molar-refractivity contribution is 0.102. The molecular weight excluding hydrogens is 242 g/mol. The molecule has 0 aliphatic rings. The van der Waals surface area contributed by atoms with E-state index < -0.39 is 0 Å². The summed E-state index contributed by atoms with van der Waals surface area (Å²) in [6.45, 7) is 0.222. The summed E-state index contributed by atoms with van der Waals surface area (Å²) in [7, 11) is 0. The number of amides is 1. The van der Waals surface area contributed by atoms with Gasteiger partial charge in [0.05, 0.1) is 12.1 Å². The van der Waals surface area contributed by atoms with E-state index in [1.54, 1.807) is 24.3 Å². The van der Waals surface area contributed by atoms with Crippen LogP contribution in [0.15, 0.2) is 36.7 Å². The summed E-state index contributed by atoms with van der Waals surface area (Å²) in [6.07, 6.45) is 3.05. The first kappa shape index (κ1) is 12.7. The smallest absolute Gasteiger partial charge is 0.276 e. The van der Waals surface area contributed by atoms with Gasteiger partial charge < -0.3 is 11.1 Å². The number of nitrogens with zero attached hydrogens (tertiary/aromatic N) is 3. The van der Waals surface area contributed by atoms with E-state index in [1.165, 1.54) is 12.4 Å². The number of hydrogen-bond acceptors (Lipinski definition) is 5. The Balaban J connectivity index is 2.24.